The Bertz CT molecular complexity index is 888. The quantitative estimate of drug-likeness (QED) is 0.619. The second-order valence-corrected chi connectivity index (χ2v) is 10.1. The lowest BCUT2D eigenvalue weighted by molar-refractivity contribution is -0.153. The van der Waals surface area contributed by atoms with Crippen LogP contribution in [0.15, 0.2) is 23.1 Å². The van der Waals surface area contributed by atoms with Crippen LogP contribution in [-0.2, 0) is 14.6 Å². The number of ether oxygens (including phenoxy) is 1. The molecule has 0 heterocycles. The molecule has 1 aromatic carbocycles. The topological polar surface area (TPSA) is 84.5 Å². The van der Waals surface area contributed by atoms with Crippen molar-refractivity contribution in [2.24, 2.45) is 5.92 Å². The van der Waals surface area contributed by atoms with E-state index in [4.69, 9.17) is 11.6 Å². The predicted molar refractivity (Wildman–Crippen MR) is 100 cm³/mol. The molecule has 2 atom stereocenters. The van der Waals surface area contributed by atoms with E-state index in [0.717, 1.165) is 31.0 Å². The van der Waals surface area contributed by atoms with Gasteiger partial charge in [-0.25, -0.2) is 8.42 Å². The normalized spacial score (nSPS) is 23.6. The Balaban J connectivity index is 1.67. The molecule has 0 aliphatic heterocycles. The molecule has 2 N–H and O–H groups in total. The summed E-state index contributed by atoms with van der Waals surface area (Å²) in [4.78, 5) is 12.3. The van der Waals surface area contributed by atoms with Gasteiger partial charge in [0.15, 0.2) is 16.4 Å². The third kappa shape index (κ3) is 5.16. The van der Waals surface area contributed by atoms with Crippen molar-refractivity contribution in [3.63, 3.8) is 0 Å². The largest absolute Gasteiger partial charge is 0.484 e. The fourth-order valence-corrected chi connectivity index (χ4v) is 5.88. The van der Waals surface area contributed by atoms with E-state index in [1.165, 1.54) is 0 Å². The molecule has 29 heavy (non-hydrogen) atoms. The first-order valence-corrected chi connectivity index (χ1v) is 11.1. The summed E-state index contributed by atoms with van der Waals surface area (Å²) in [6, 6.07) is 3.35. The van der Waals surface area contributed by atoms with E-state index >= 15 is 0 Å². The summed E-state index contributed by atoms with van der Waals surface area (Å²) in [5.74, 6) is -0.748. The van der Waals surface area contributed by atoms with E-state index in [1.807, 2.05) is 0 Å². The lowest BCUT2D eigenvalue weighted by Gasteiger charge is -2.19. The second kappa shape index (κ2) is 7.96. The van der Waals surface area contributed by atoms with Gasteiger partial charge in [-0.2, -0.15) is 13.2 Å². The van der Waals surface area contributed by atoms with Gasteiger partial charge in [-0.15, -0.1) is 0 Å². The maximum atomic E-state index is 13.0. The second-order valence-electron chi connectivity index (χ2n) is 7.49. The van der Waals surface area contributed by atoms with Gasteiger partial charge in [-0.3, -0.25) is 10.1 Å². The van der Waals surface area contributed by atoms with E-state index in [0.29, 0.717) is 12.8 Å². The van der Waals surface area contributed by atoms with Crippen LogP contribution in [0.5, 0.6) is 5.75 Å². The van der Waals surface area contributed by atoms with Crippen LogP contribution in [0.1, 0.15) is 32.1 Å². The number of sulfone groups is 1. The molecule has 2 fully saturated rings. The minimum absolute atomic E-state index is 0.168. The maximum Gasteiger partial charge on any atom is 0.422 e. The van der Waals surface area contributed by atoms with E-state index in [2.05, 4.69) is 15.4 Å². The van der Waals surface area contributed by atoms with Crippen molar-refractivity contribution in [3.8, 4) is 5.75 Å². The molecular formula is C18H22ClF3N2O4S. The third-order valence-electron chi connectivity index (χ3n) is 5.40. The monoisotopic (exact) mass is 454 g/mol. The van der Waals surface area contributed by atoms with Gasteiger partial charge in [-0.1, -0.05) is 11.6 Å². The van der Waals surface area contributed by atoms with Gasteiger partial charge in [0.05, 0.1) is 20.8 Å². The first-order valence-electron chi connectivity index (χ1n) is 9.20. The highest BCUT2D eigenvalue weighted by Gasteiger charge is 2.45. The fraction of sp³-hybridized carbons (Fsp3) is 0.611. The van der Waals surface area contributed by atoms with Crippen molar-refractivity contribution in [1.82, 2.24) is 10.6 Å². The zero-order valence-electron chi connectivity index (χ0n) is 15.7. The van der Waals surface area contributed by atoms with Crippen molar-refractivity contribution in [2.45, 2.75) is 54.1 Å². The molecule has 2 saturated carbocycles. The number of nitrogens with one attached hydrogen (secondary N) is 2. The van der Waals surface area contributed by atoms with Gasteiger partial charge < -0.3 is 10.1 Å². The molecule has 11 heteroatoms. The summed E-state index contributed by atoms with van der Waals surface area (Å²) in [6.45, 7) is -1.50. The first kappa shape index (κ1) is 22.2. The lowest BCUT2D eigenvalue weighted by Crippen LogP contribution is -2.48. The van der Waals surface area contributed by atoms with E-state index < -0.39 is 33.8 Å². The van der Waals surface area contributed by atoms with Crippen LogP contribution in [0.25, 0.3) is 0 Å². The number of halogens is 4. The van der Waals surface area contributed by atoms with Gasteiger partial charge in [0.2, 0.25) is 5.91 Å². The molecule has 0 bridgehead atoms. The summed E-state index contributed by atoms with van der Waals surface area (Å²) in [6.07, 6.45) is -1.90. The van der Waals surface area contributed by atoms with Crippen molar-refractivity contribution in [1.29, 1.82) is 0 Å². The molecule has 1 aromatic rings. The molecule has 0 aromatic heterocycles. The Morgan fingerprint density at radius 2 is 2.00 bits per heavy atom. The predicted octanol–water partition coefficient (Wildman–Crippen LogP) is 3.05. The molecule has 162 valence electrons. The Labute approximate surface area is 172 Å². The number of carbonyl (C=O) groups is 1. The van der Waals surface area contributed by atoms with Crippen LogP contribution in [0.2, 0.25) is 5.02 Å². The number of hydrogen-bond acceptors (Lipinski definition) is 5. The van der Waals surface area contributed by atoms with Gasteiger partial charge in [-0.05, 0) is 51.3 Å². The highest BCUT2D eigenvalue weighted by atomic mass is 35.5. The molecule has 1 amide bonds. The van der Waals surface area contributed by atoms with Crippen molar-refractivity contribution in [2.75, 3.05) is 13.7 Å². The molecule has 2 unspecified atom stereocenters. The summed E-state index contributed by atoms with van der Waals surface area (Å²) >= 11 is 6.03. The highest BCUT2D eigenvalue weighted by Crippen LogP contribution is 2.38. The Hall–Kier alpha value is -1.52. The number of carbonyl (C=O) groups excluding carboxylic acids is 1. The van der Waals surface area contributed by atoms with Crippen LogP contribution < -0.4 is 15.4 Å². The van der Waals surface area contributed by atoms with E-state index in [-0.39, 0.29) is 33.7 Å². The number of rotatable bonds is 7. The van der Waals surface area contributed by atoms with Crippen LogP contribution in [0.4, 0.5) is 13.2 Å². The van der Waals surface area contributed by atoms with Crippen molar-refractivity contribution >= 4 is 27.3 Å². The molecule has 3 rings (SSSR count). The van der Waals surface area contributed by atoms with E-state index in [9.17, 15) is 26.4 Å². The van der Waals surface area contributed by atoms with Crippen LogP contribution in [0, 0.1) is 5.92 Å². The SMILES string of the molecule is CNC1(NC(=O)C2CCC(S(=O)(=O)c3ccc(OCC(F)(F)F)cc3Cl)C2)CC1. The van der Waals surface area contributed by atoms with Crippen LogP contribution >= 0.6 is 11.6 Å². The average molecular weight is 455 g/mol. The Morgan fingerprint density at radius 1 is 1.31 bits per heavy atom. The van der Waals surface area contributed by atoms with Crippen LogP contribution in [-0.4, -0.2) is 45.1 Å². The number of alkyl halides is 3. The van der Waals surface area contributed by atoms with Gasteiger partial charge in [0.1, 0.15) is 5.75 Å². The molecule has 0 saturated heterocycles. The first-order chi connectivity index (χ1) is 13.5. The Kier molecular flexibility index (Phi) is 6.08. The number of benzene rings is 1. The summed E-state index contributed by atoms with van der Waals surface area (Å²) < 4.78 is 67.3. The van der Waals surface area contributed by atoms with Gasteiger partial charge >= 0.3 is 6.18 Å². The minimum Gasteiger partial charge on any atom is -0.484 e. The molecule has 0 spiro atoms. The van der Waals surface area contributed by atoms with Gasteiger partial charge in [0, 0.05) is 12.0 Å². The van der Waals surface area contributed by atoms with Gasteiger partial charge in [0.25, 0.3) is 0 Å². The zero-order valence-corrected chi connectivity index (χ0v) is 17.3. The summed E-state index contributed by atoms with van der Waals surface area (Å²) in [5.41, 5.74) is -0.371. The van der Waals surface area contributed by atoms with Crippen molar-refractivity contribution < 1.29 is 31.1 Å². The maximum absolute atomic E-state index is 13.0. The number of hydrogen-bond donors (Lipinski definition) is 2. The standard InChI is InChI=1S/C18H22ClF3N2O4S/c1-23-17(6-7-17)24-16(25)11-2-4-13(8-11)29(26,27)15-5-3-12(9-14(15)19)28-10-18(20,21)22/h3,5,9,11,13,23H,2,4,6-8,10H2,1H3,(H,24,25). The summed E-state index contributed by atoms with van der Waals surface area (Å²) in [5, 5.41) is 5.01. The smallest absolute Gasteiger partial charge is 0.422 e. The zero-order chi connectivity index (χ0) is 21.4. The molecule has 6 nitrogen and oxygen atoms in total. The highest BCUT2D eigenvalue weighted by molar-refractivity contribution is 7.92. The van der Waals surface area contributed by atoms with E-state index in [1.54, 1.807) is 7.05 Å². The third-order valence-corrected chi connectivity index (χ3v) is 8.10. The fourth-order valence-electron chi connectivity index (χ4n) is 3.51. The molecule has 2 aliphatic rings. The number of amides is 1. The Morgan fingerprint density at radius 3 is 2.55 bits per heavy atom. The van der Waals surface area contributed by atoms with Crippen molar-refractivity contribution in [3.05, 3.63) is 23.2 Å². The summed E-state index contributed by atoms with van der Waals surface area (Å²) in [7, 11) is -2.07. The van der Waals surface area contributed by atoms with Crippen LogP contribution in [0.3, 0.4) is 0 Å². The molecule has 2 aliphatic carbocycles. The molecule has 0 radical (unpaired) electrons. The molecular weight excluding hydrogens is 433 g/mol. The minimum atomic E-state index is -4.51. The average Bonchev–Trinajstić information content (AvgIpc) is 3.21. The lowest BCUT2D eigenvalue weighted by atomic mass is 10.1.